The molecule has 0 aliphatic rings. The molecule has 0 amide bonds. The summed E-state index contributed by atoms with van der Waals surface area (Å²) in [6.07, 6.45) is 5.64. The van der Waals surface area contributed by atoms with Crippen molar-refractivity contribution in [3.8, 4) is 0 Å². The van der Waals surface area contributed by atoms with Crippen LogP contribution in [0.3, 0.4) is 0 Å². The van der Waals surface area contributed by atoms with E-state index in [0.717, 1.165) is 12.8 Å². The smallest absolute Gasteiger partial charge is 0.0821 e. The van der Waals surface area contributed by atoms with Crippen LogP contribution >= 0.6 is 0 Å². The molecule has 0 rings (SSSR count). The number of aliphatic hydroxyl groups excluding tert-OH is 2. The average Bonchev–Trinajstić information content (AvgIpc) is 2.27. The van der Waals surface area contributed by atoms with E-state index in [4.69, 9.17) is 0 Å². The molecule has 0 fully saturated rings. The van der Waals surface area contributed by atoms with E-state index in [1.54, 1.807) is 0 Å². The number of hydrogen-bond donors (Lipinski definition) is 2. The predicted octanol–water partition coefficient (Wildman–Crippen LogP) is 3.36. The summed E-state index contributed by atoms with van der Waals surface area (Å²) < 4.78 is 0. The van der Waals surface area contributed by atoms with E-state index >= 15 is 0 Å². The topological polar surface area (TPSA) is 40.5 Å². The van der Waals surface area contributed by atoms with Gasteiger partial charge in [0.05, 0.1) is 12.2 Å². The van der Waals surface area contributed by atoms with Crippen LogP contribution in [0.1, 0.15) is 66.2 Å². The van der Waals surface area contributed by atoms with Crippen LogP contribution in [0, 0.1) is 11.8 Å². The Morgan fingerprint density at radius 1 is 0.938 bits per heavy atom. The Bertz CT molecular complexity index is 157. The van der Waals surface area contributed by atoms with Crippen LogP contribution in [0.5, 0.6) is 0 Å². The normalized spacial score (nSPS) is 17.4. The van der Waals surface area contributed by atoms with Gasteiger partial charge in [-0.1, -0.05) is 53.4 Å². The molecule has 0 bridgehead atoms. The lowest BCUT2D eigenvalue weighted by molar-refractivity contribution is -0.0152. The molecule has 98 valence electrons. The minimum absolute atomic E-state index is 0.144. The second-order valence-corrected chi connectivity index (χ2v) is 5.30. The lowest BCUT2D eigenvalue weighted by atomic mass is 9.90. The summed E-state index contributed by atoms with van der Waals surface area (Å²) in [4.78, 5) is 0. The molecule has 0 aromatic carbocycles. The Morgan fingerprint density at radius 3 is 2.00 bits per heavy atom. The van der Waals surface area contributed by atoms with Gasteiger partial charge in [0.2, 0.25) is 0 Å². The zero-order valence-corrected chi connectivity index (χ0v) is 11.4. The first kappa shape index (κ1) is 15.9. The molecule has 0 aromatic rings. The molecule has 0 saturated heterocycles. The molecule has 0 spiro atoms. The van der Waals surface area contributed by atoms with Crippen molar-refractivity contribution in [3.05, 3.63) is 0 Å². The molecule has 0 aromatic heterocycles. The number of hydrogen-bond acceptors (Lipinski definition) is 2. The molecular weight excluding hydrogens is 200 g/mol. The van der Waals surface area contributed by atoms with Crippen LogP contribution in [0.2, 0.25) is 0 Å². The highest BCUT2D eigenvalue weighted by Crippen LogP contribution is 2.21. The number of unbranched alkanes of at least 4 members (excludes halogenated alkanes) is 1. The van der Waals surface area contributed by atoms with Crippen LogP contribution in [0.25, 0.3) is 0 Å². The standard InChI is InChI=1S/C14H30O2/c1-5-7-8-12(6-2)9-10-13(15)14(16)11(3)4/h11-16H,5-10H2,1-4H3/t12-,13-,14-/m1/s1. The quantitative estimate of drug-likeness (QED) is 0.637. The van der Waals surface area contributed by atoms with Crippen LogP contribution < -0.4 is 0 Å². The van der Waals surface area contributed by atoms with E-state index in [9.17, 15) is 10.2 Å². The van der Waals surface area contributed by atoms with Gasteiger partial charge >= 0.3 is 0 Å². The summed E-state index contributed by atoms with van der Waals surface area (Å²) in [5, 5.41) is 19.5. The SMILES string of the molecule is CCCC[C@@H](CC)CC[C@@H](O)[C@H](O)C(C)C. The Labute approximate surface area is 101 Å². The minimum atomic E-state index is -0.566. The Morgan fingerprint density at radius 2 is 1.56 bits per heavy atom. The summed E-state index contributed by atoms with van der Waals surface area (Å²) in [6, 6.07) is 0. The highest BCUT2D eigenvalue weighted by molar-refractivity contribution is 4.71. The van der Waals surface area contributed by atoms with Gasteiger partial charge < -0.3 is 10.2 Å². The van der Waals surface area contributed by atoms with Gasteiger partial charge in [-0.25, -0.2) is 0 Å². The average molecular weight is 230 g/mol. The first-order valence-corrected chi connectivity index (χ1v) is 6.88. The van der Waals surface area contributed by atoms with Crippen molar-refractivity contribution in [2.75, 3.05) is 0 Å². The van der Waals surface area contributed by atoms with E-state index in [1.165, 1.54) is 25.7 Å². The van der Waals surface area contributed by atoms with Crippen molar-refractivity contribution in [1.82, 2.24) is 0 Å². The Balaban J connectivity index is 3.82. The second-order valence-electron chi connectivity index (χ2n) is 5.30. The van der Waals surface area contributed by atoms with Crippen LogP contribution in [-0.2, 0) is 0 Å². The third-order valence-electron chi connectivity index (χ3n) is 3.49. The molecular formula is C14H30O2. The van der Waals surface area contributed by atoms with Gasteiger partial charge in [0.15, 0.2) is 0 Å². The highest BCUT2D eigenvalue weighted by atomic mass is 16.3. The Hall–Kier alpha value is -0.0800. The van der Waals surface area contributed by atoms with Crippen LogP contribution in [-0.4, -0.2) is 22.4 Å². The largest absolute Gasteiger partial charge is 0.390 e. The monoisotopic (exact) mass is 230 g/mol. The number of rotatable bonds is 9. The summed E-state index contributed by atoms with van der Waals surface area (Å²) >= 11 is 0. The zero-order valence-electron chi connectivity index (χ0n) is 11.4. The van der Waals surface area contributed by atoms with Crippen LogP contribution in [0.15, 0.2) is 0 Å². The first-order chi connectivity index (χ1) is 7.52. The molecule has 0 aliphatic carbocycles. The fourth-order valence-corrected chi connectivity index (χ4v) is 2.07. The molecule has 16 heavy (non-hydrogen) atoms. The van der Waals surface area contributed by atoms with Gasteiger partial charge in [-0.2, -0.15) is 0 Å². The van der Waals surface area contributed by atoms with Gasteiger partial charge in [0.1, 0.15) is 0 Å². The lowest BCUT2D eigenvalue weighted by Gasteiger charge is -2.23. The number of aliphatic hydroxyl groups is 2. The summed E-state index contributed by atoms with van der Waals surface area (Å²) in [6.45, 7) is 8.32. The maximum Gasteiger partial charge on any atom is 0.0821 e. The van der Waals surface area contributed by atoms with E-state index in [-0.39, 0.29) is 5.92 Å². The van der Waals surface area contributed by atoms with Crippen molar-refractivity contribution in [1.29, 1.82) is 0 Å². The first-order valence-electron chi connectivity index (χ1n) is 6.88. The fourth-order valence-electron chi connectivity index (χ4n) is 2.07. The third kappa shape index (κ3) is 6.49. The van der Waals surface area contributed by atoms with Crippen molar-refractivity contribution >= 4 is 0 Å². The fraction of sp³-hybridized carbons (Fsp3) is 1.00. The Kier molecular flexibility index (Phi) is 8.96. The zero-order chi connectivity index (χ0) is 12.6. The third-order valence-corrected chi connectivity index (χ3v) is 3.49. The predicted molar refractivity (Wildman–Crippen MR) is 69.4 cm³/mol. The van der Waals surface area contributed by atoms with E-state index in [2.05, 4.69) is 13.8 Å². The van der Waals surface area contributed by atoms with E-state index < -0.39 is 12.2 Å². The van der Waals surface area contributed by atoms with E-state index in [0.29, 0.717) is 5.92 Å². The molecule has 2 nitrogen and oxygen atoms in total. The van der Waals surface area contributed by atoms with Gasteiger partial charge in [0.25, 0.3) is 0 Å². The highest BCUT2D eigenvalue weighted by Gasteiger charge is 2.20. The summed E-state index contributed by atoms with van der Waals surface area (Å²) in [5.41, 5.74) is 0. The maximum atomic E-state index is 9.81. The summed E-state index contributed by atoms with van der Waals surface area (Å²) in [5.74, 6) is 0.861. The lowest BCUT2D eigenvalue weighted by Crippen LogP contribution is -2.31. The molecule has 0 aliphatic heterocycles. The van der Waals surface area contributed by atoms with Crippen LogP contribution in [0.4, 0.5) is 0 Å². The second kappa shape index (κ2) is 9.00. The maximum absolute atomic E-state index is 9.81. The van der Waals surface area contributed by atoms with Crippen molar-refractivity contribution in [2.24, 2.45) is 11.8 Å². The van der Waals surface area contributed by atoms with Gasteiger partial charge in [-0.05, 0) is 24.7 Å². The molecule has 0 unspecified atom stereocenters. The molecule has 0 saturated carbocycles. The van der Waals surface area contributed by atoms with Crippen molar-refractivity contribution in [3.63, 3.8) is 0 Å². The van der Waals surface area contributed by atoms with Gasteiger partial charge in [-0.15, -0.1) is 0 Å². The van der Waals surface area contributed by atoms with Crippen molar-refractivity contribution < 1.29 is 10.2 Å². The molecule has 2 N–H and O–H groups in total. The minimum Gasteiger partial charge on any atom is -0.390 e. The molecule has 2 heteroatoms. The van der Waals surface area contributed by atoms with Crippen molar-refractivity contribution in [2.45, 2.75) is 78.4 Å². The van der Waals surface area contributed by atoms with Gasteiger partial charge in [0, 0.05) is 0 Å². The molecule has 0 heterocycles. The molecule has 3 atom stereocenters. The van der Waals surface area contributed by atoms with Gasteiger partial charge in [-0.3, -0.25) is 0 Å². The van der Waals surface area contributed by atoms with E-state index in [1.807, 2.05) is 13.8 Å². The summed E-state index contributed by atoms with van der Waals surface area (Å²) in [7, 11) is 0. The molecule has 0 radical (unpaired) electrons.